The second-order valence-electron chi connectivity index (χ2n) is 3.57. The topological polar surface area (TPSA) is 78.5 Å². The van der Waals surface area contributed by atoms with Crippen LogP contribution in [0.5, 0.6) is 0 Å². The van der Waals surface area contributed by atoms with Gasteiger partial charge < -0.3 is 0 Å². The third-order valence-electron chi connectivity index (χ3n) is 2.51. The van der Waals surface area contributed by atoms with Crippen LogP contribution in [0.3, 0.4) is 0 Å². The van der Waals surface area contributed by atoms with Crippen LogP contribution in [-0.4, -0.2) is 29.3 Å². The van der Waals surface area contributed by atoms with Gasteiger partial charge in [-0.1, -0.05) is 0 Å². The average Bonchev–Trinajstić information content (AvgIpc) is 2.63. The van der Waals surface area contributed by atoms with Crippen molar-refractivity contribution in [2.75, 3.05) is 0 Å². The van der Waals surface area contributed by atoms with Crippen molar-refractivity contribution in [1.82, 2.24) is 29.3 Å². The summed E-state index contributed by atoms with van der Waals surface area (Å²) < 4.78 is 2.86. The minimum absolute atomic E-state index is 0.0674. The van der Waals surface area contributed by atoms with Gasteiger partial charge in [0.2, 0.25) is 5.28 Å². The Morgan fingerprint density at radius 1 is 1.22 bits per heavy atom. The van der Waals surface area contributed by atoms with Crippen molar-refractivity contribution in [1.29, 1.82) is 0 Å². The minimum atomic E-state index is -0.228. The predicted molar refractivity (Wildman–Crippen MR) is 64.7 cm³/mol. The number of rotatable bonds is 1. The molecule has 3 aromatic rings. The van der Waals surface area contributed by atoms with E-state index in [1.807, 2.05) is 0 Å². The molecule has 3 rings (SSSR count). The van der Waals surface area contributed by atoms with Gasteiger partial charge in [-0.25, -0.2) is 19.6 Å². The molecule has 0 aliphatic rings. The Morgan fingerprint density at radius 3 is 2.67 bits per heavy atom. The monoisotopic (exact) mass is 262 g/mol. The highest BCUT2D eigenvalue weighted by Gasteiger charge is 2.15. The first-order valence-corrected chi connectivity index (χ1v) is 5.44. The summed E-state index contributed by atoms with van der Waals surface area (Å²) >= 11 is 5.75. The van der Waals surface area contributed by atoms with Crippen LogP contribution in [0.15, 0.2) is 29.5 Å². The van der Waals surface area contributed by atoms with Gasteiger partial charge in [0.1, 0.15) is 5.39 Å². The number of halogens is 1. The van der Waals surface area contributed by atoms with Gasteiger partial charge in [-0.2, -0.15) is 9.67 Å². The average molecular weight is 263 g/mol. The summed E-state index contributed by atoms with van der Waals surface area (Å²) in [7, 11) is 1.61. The van der Waals surface area contributed by atoms with E-state index < -0.39 is 0 Å². The summed E-state index contributed by atoms with van der Waals surface area (Å²) in [6.07, 6.45) is 4.56. The zero-order chi connectivity index (χ0) is 12.7. The summed E-state index contributed by atoms with van der Waals surface area (Å²) in [6.45, 7) is 0. The normalized spacial score (nSPS) is 11.0. The fourth-order valence-electron chi connectivity index (χ4n) is 1.70. The summed E-state index contributed by atoms with van der Waals surface area (Å²) in [5.74, 6) is 0.349. The Kier molecular flexibility index (Phi) is 2.34. The quantitative estimate of drug-likeness (QED) is 0.599. The molecule has 0 spiro atoms. The van der Waals surface area contributed by atoms with Gasteiger partial charge in [0.15, 0.2) is 5.65 Å². The van der Waals surface area contributed by atoms with Gasteiger partial charge in [0, 0.05) is 25.6 Å². The number of hydrogen-bond donors (Lipinski definition) is 0. The maximum Gasteiger partial charge on any atom is 0.277 e. The van der Waals surface area contributed by atoms with Gasteiger partial charge in [0.05, 0.1) is 0 Å². The second kappa shape index (κ2) is 3.88. The molecule has 7 nitrogen and oxygen atoms in total. The molecular formula is C10H7ClN6O. The van der Waals surface area contributed by atoms with E-state index in [1.165, 1.54) is 15.6 Å². The fourth-order valence-corrected chi connectivity index (χ4v) is 1.83. The van der Waals surface area contributed by atoms with Gasteiger partial charge >= 0.3 is 0 Å². The van der Waals surface area contributed by atoms with Gasteiger partial charge in [-0.05, 0) is 17.7 Å². The van der Waals surface area contributed by atoms with Crippen molar-refractivity contribution < 1.29 is 0 Å². The molecule has 90 valence electrons. The van der Waals surface area contributed by atoms with Crippen LogP contribution in [0, 0.1) is 0 Å². The van der Waals surface area contributed by atoms with Crippen LogP contribution in [0.2, 0.25) is 5.28 Å². The first kappa shape index (κ1) is 10.8. The summed E-state index contributed by atoms with van der Waals surface area (Å²) in [5.41, 5.74) is 0.155. The molecule has 0 bridgehead atoms. The molecule has 3 heterocycles. The van der Waals surface area contributed by atoms with Crippen molar-refractivity contribution in [3.63, 3.8) is 0 Å². The smallest absolute Gasteiger partial charge is 0.267 e. The molecule has 0 radical (unpaired) electrons. The first-order chi connectivity index (χ1) is 8.68. The highest BCUT2D eigenvalue weighted by Crippen LogP contribution is 2.12. The molecule has 0 aliphatic heterocycles. The molecule has 0 aromatic carbocycles. The Bertz CT molecular complexity index is 778. The molecular weight excluding hydrogens is 256 g/mol. The van der Waals surface area contributed by atoms with Gasteiger partial charge in [-0.15, -0.1) is 0 Å². The van der Waals surface area contributed by atoms with Crippen molar-refractivity contribution in [3.05, 3.63) is 40.3 Å². The lowest BCUT2D eigenvalue weighted by Crippen LogP contribution is -2.19. The summed E-state index contributed by atoms with van der Waals surface area (Å²) in [5, 5.41) is 0.437. The van der Waals surface area contributed by atoms with E-state index in [0.717, 1.165) is 0 Å². The zero-order valence-electron chi connectivity index (χ0n) is 9.28. The first-order valence-electron chi connectivity index (χ1n) is 5.06. The molecule has 0 N–H and O–H groups in total. The van der Waals surface area contributed by atoms with Crippen LogP contribution in [0.25, 0.3) is 17.0 Å². The summed E-state index contributed by atoms with van der Waals surface area (Å²) in [6, 6.07) is 1.69. The molecule has 0 fully saturated rings. The molecule has 18 heavy (non-hydrogen) atoms. The third kappa shape index (κ3) is 1.48. The highest BCUT2D eigenvalue weighted by atomic mass is 35.5. The Hall–Kier alpha value is -2.28. The van der Waals surface area contributed by atoms with Gasteiger partial charge in [-0.3, -0.25) is 4.79 Å². The van der Waals surface area contributed by atoms with E-state index in [0.29, 0.717) is 17.0 Å². The molecule has 0 amide bonds. The van der Waals surface area contributed by atoms with Crippen LogP contribution in [-0.2, 0) is 7.05 Å². The van der Waals surface area contributed by atoms with E-state index in [-0.39, 0.29) is 10.8 Å². The second-order valence-corrected chi connectivity index (χ2v) is 3.90. The molecule has 0 saturated carbocycles. The van der Waals surface area contributed by atoms with E-state index in [2.05, 4.69) is 19.9 Å². The molecule has 3 aromatic heterocycles. The van der Waals surface area contributed by atoms with Crippen molar-refractivity contribution in [2.45, 2.75) is 0 Å². The van der Waals surface area contributed by atoms with E-state index >= 15 is 0 Å². The Morgan fingerprint density at radius 2 is 1.94 bits per heavy atom. The molecule has 0 aliphatic carbocycles. The maximum atomic E-state index is 12.0. The standard InChI is InChI=1S/C10H7ClN6O/c1-16-8(18)6-5-14-9(11)15-7(6)17(16)10-12-3-2-4-13-10/h2-5H,1H3. The molecule has 0 atom stereocenters. The largest absolute Gasteiger partial charge is 0.277 e. The lowest BCUT2D eigenvalue weighted by molar-refractivity contribution is 0.627. The van der Waals surface area contributed by atoms with Crippen LogP contribution < -0.4 is 5.56 Å². The maximum absolute atomic E-state index is 12.0. The van der Waals surface area contributed by atoms with Crippen molar-refractivity contribution in [3.8, 4) is 5.95 Å². The summed E-state index contributed by atoms with van der Waals surface area (Å²) in [4.78, 5) is 28.0. The van der Waals surface area contributed by atoms with Crippen LogP contribution in [0.4, 0.5) is 0 Å². The van der Waals surface area contributed by atoms with Crippen LogP contribution >= 0.6 is 11.6 Å². The molecule has 0 unspecified atom stereocenters. The predicted octanol–water partition coefficient (Wildman–Crippen LogP) is 0.563. The Labute approximate surface area is 106 Å². The van der Waals surface area contributed by atoms with Crippen LogP contribution in [0.1, 0.15) is 0 Å². The third-order valence-corrected chi connectivity index (χ3v) is 2.69. The minimum Gasteiger partial charge on any atom is -0.267 e. The number of aromatic nitrogens is 6. The van der Waals surface area contributed by atoms with E-state index in [1.54, 1.807) is 25.5 Å². The Balaban J connectivity index is 2.46. The lowest BCUT2D eigenvalue weighted by atomic mass is 10.4. The van der Waals surface area contributed by atoms with Crippen molar-refractivity contribution in [2.24, 2.45) is 7.05 Å². The van der Waals surface area contributed by atoms with E-state index in [4.69, 9.17) is 11.6 Å². The number of hydrogen-bond acceptors (Lipinski definition) is 5. The molecule has 8 heteroatoms. The van der Waals surface area contributed by atoms with Crippen molar-refractivity contribution >= 4 is 22.6 Å². The fraction of sp³-hybridized carbons (Fsp3) is 0.100. The zero-order valence-corrected chi connectivity index (χ0v) is 10.0. The number of nitrogens with zero attached hydrogens (tertiary/aromatic N) is 6. The number of fused-ring (bicyclic) bond motifs is 1. The molecule has 0 saturated heterocycles. The lowest BCUT2D eigenvalue weighted by Gasteiger charge is -2.04. The van der Waals surface area contributed by atoms with E-state index in [9.17, 15) is 4.79 Å². The highest BCUT2D eigenvalue weighted by molar-refractivity contribution is 6.28. The van der Waals surface area contributed by atoms with Gasteiger partial charge in [0.25, 0.3) is 11.5 Å². The SMILES string of the molecule is Cn1c(=O)c2cnc(Cl)nc2n1-c1ncccn1.